The molecule has 0 aliphatic carbocycles. The van der Waals surface area contributed by atoms with E-state index in [1.165, 1.54) is 89.9 Å². The van der Waals surface area contributed by atoms with Crippen molar-refractivity contribution in [3.05, 3.63) is 0 Å². The summed E-state index contributed by atoms with van der Waals surface area (Å²) in [6, 6.07) is 0. The van der Waals surface area contributed by atoms with Crippen LogP contribution in [0.5, 0.6) is 0 Å². The van der Waals surface area contributed by atoms with Crippen LogP contribution in [0.4, 0.5) is 0 Å². The van der Waals surface area contributed by atoms with Gasteiger partial charge in [-0.25, -0.2) is 22.4 Å². The first-order chi connectivity index (χ1) is 11.9. The zero-order valence-electron chi connectivity index (χ0n) is 16.0. The molecule has 0 radical (unpaired) electrons. The van der Waals surface area contributed by atoms with E-state index in [1.807, 2.05) is 0 Å². The molecule has 0 saturated heterocycles. The fraction of sp³-hybridized carbons (Fsp3) is 1.00. The van der Waals surface area contributed by atoms with Gasteiger partial charge in [0.05, 0.1) is 6.61 Å². The van der Waals surface area contributed by atoms with E-state index in [9.17, 15) is 0 Å². The van der Waals surface area contributed by atoms with Crippen molar-refractivity contribution in [3.8, 4) is 0 Å². The van der Waals surface area contributed by atoms with E-state index in [1.54, 1.807) is 0 Å². The van der Waals surface area contributed by atoms with Crippen molar-refractivity contribution in [1.82, 2.24) is 0 Å². The SMILES string of the molecule is CCCCCCCCCCCCC(CCCC)COS(=S)(=S)[S-](=S)=S. The van der Waals surface area contributed by atoms with Gasteiger partial charge < -0.3 is 4.18 Å². The Morgan fingerprint density at radius 2 is 1.16 bits per heavy atom. The van der Waals surface area contributed by atoms with Crippen LogP contribution in [0.25, 0.3) is 0 Å². The van der Waals surface area contributed by atoms with Gasteiger partial charge in [0, 0.05) is 0 Å². The van der Waals surface area contributed by atoms with Crippen molar-refractivity contribution in [2.45, 2.75) is 104 Å². The molecule has 0 rings (SSSR count). The van der Waals surface area contributed by atoms with Gasteiger partial charge in [0.15, 0.2) is 0 Å². The van der Waals surface area contributed by atoms with Crippen molar-refractivity contribution in [2.24, 2.45) is 5.92 Å². The summed E-state index contributed by atoms with van der Waals surface area (Å²) in [6.07, 6.45) is 18.7. The molecule has 7 heteroatoms. The van der Waals surface area contributed by atoms with E-state index >= 15 is 0 Å². The highest BCUT2D eigenvalue weighted by atomic mass is 33.7. The first kappa shape index (κ1) is 26.5. The molecular formula is C18H37OS6-. The van der Waals surface area contributed by atoms with Gasteiger partial charge in [0.1, 0.15) is 0 Å². The summed E-state index contributed by atoms with van der Waals surface area (Å²) in [5.74, 6) is 0.570. The summed E-state index contributed by atoms with van der Waals surface area (Å²) in [5, 5.41) is 0. The summed E-state index contributed by atoms with van der Waals surface area (Å²) in [6.45, 7) is 3.12. The molecule has 0 aromatic heterocycles. The van der Waals surface area contributed by atoms with E-state index < -0.39 is 13.5 Å². The Morgan fingerprint density at radius 1 is 0.720 bits per heavy atom. The molecule has 0 amide bonds. The van der Waals surface area contributed by atoms with Crippen molar-refractivity contribution < 1.29 is 4.18 Å². The lowest BCUT2D eigenvalue weighted by atomic mass is 9.96. The first-order valence-corrected chi connectivity index (χ1v) is 16.9. The molecule has 0 bridgehead atoms. The normalized spacial score (nSPS) is 13.4. The Kier molecular flexibility index (Phi) is 18.7. The lowest BCUT2D eigenvalue weighted by Crippen LogP contribution is -2.13. The molecule has 0 aliphatic rings. The van der Waals surface area contributed by atoms with E-state index in [4.69, 9.17) is 48.9 Å². The largest absolute Gasteiger partial charge is 0.328 e. The highest BCUT2D eigenvalue weighted by Crippen LogP contribution is 2.20. The number of hydrogen-bond acceptors (Lipinski definition) is 6. The lowest BCUT2D eigenvalue weighted by Gasteiger charge is -2.21. The summed E-state index contributed by atoms with van der Waals surface area (Å²) < 4.78 is 5.81. The number of unbranched alkanes of at least 4 members (excludes halogenated alkanes) is 10. The molecule has 0 saturated carbocycles. The molecule has 1 atom stereocenters. The van der Waals surface area contributed by atoms with E-state index in [0.29, 0.717) is 12.5 Å². The van der Waals surface area contributed by atoms with Crippen LogP contribution in [0.2, 0.25) is 0 Å². The monoisotopic (exact) mass is 461 g/mol. The maximum atomic E-state index is 5.81. The Labute approximate surface area is 177 Å². The van der Waals surface area contributed by atoms with Gasteiger partial charge in [0.2, 0.25) is 0 Å². The standard InChI is InChI=1S/C18H37OS6/c1-3-5-7-8-9-10-11-12-13-14-16-18(15-6-4-2)17-19-25(22,23)24(20)21/h18H,3-17H2,1-2H3/q-1. The van der Waals surface area contributed by atoms with Crippen LogP contribution in [-0.4, -0.2) is 6.61 Å². The highest BCUT2D eigenvalue weighted by Gasteiger charge is 2.09. The minimum Gasteiger partial charge on any atom is -0.328 e. The van der Waals surface area contributed by atoms with Crippen LogP contribution in [0.3, 0.4) is 0 Å². The predicted molar refractivity (Wildman–Crippen MR) is 130 cm³/mol. The predicted octanol–water partition coefficient (Wildman–Crippen LogP) is 6.57. The second kappa shape index (κ2) is 17.6. The molecule has 25 heavy (non-hydrogen) atoms. The van der Waals surface area contributed by atoms with Crippen molar-refractivity contribution in [1.29, 1.82) is 0 Å². The van der Waals surface area contributed by atoms with Gasteiger partial charge >= 0.3 is 0 Å². The molecule has 1 nitrogen and oxygen atoms in total. The van der Waals surface area contributed by atoms with Gasteiger partial charge in [-0.1, -0.05) is 90.9 Å². The highest BCUT2D eigenvalue weighted by molar-refractivity contribution is 9.03. The maximum Gasteiger partial charge on any atom is 0.0626 e. The third kappa shape index (κ3) is 16.2. The molecular weight excluding hydrogens is 425 g/mol. The van der Waals surface area contributed by atoms with Gasteiger partial charge in [0.25, 0.3) is 0 Å². The second-order valence-electron chi connectivity index (χ2n) is 6.88. The second-order valence-corrected chi connectivity index (χ2v) is 19.4. The van der Waals surface area contributed by atoms with E-state index in [2.05, 4.69) is 13.8 Å². The summed E-state index contributed by atoms with van der Waals surface area (Å²) >= 11 is 20.8. The molecule has 0 fully saturated rings. The van der Waals surface area contributed by atoms with Crippen LogP contribution in [0.15, 0.2) is 0 Å². The topological polar surface area (TPSA) is 9.23 Å². The van der Waals surface area contributed by atoms with Crippen LogP contribution in [-0.2, 0) is 62.4 Å². The van der Waals surface area contributed by atoms with Gasteiger partial charge in [-0.3, -0.25) is 7.05 Å². The molecule has 0 spiro atoms. The molecule has 0 aliphatic heterocycles. The Balaban J connectivity index is 3.85. The molecule has 0 N–H and O–H groups in total. The summed E-state index contributed by atoms with van der Waals surface area (Å²) in [4.78, 5) is 0. The molecule has 0 aromatic rings. The Bertz CT molecular complexity index is 462. The average molecular weight is 462 g/mol. The zero-order valence-corrected chi connectivity index (χ0v) is 20.9. The fourth-order valence-electron chi connectivity index (χ4n) is 2.94. The molecule has 0 heterocycles. The van der Waals surface area contributed by atoms with E-state index in [0.717, 1.165) is 0 Å². The summed E-state index contributed by atoms with van der Waals surface area (Å²) in [5.41, 5.74) is 0. The van der Waals surface area contributed by atoms with Crippen LogP contribution >= 0.6 is 0 Å². The van der Waals surface area contributed by atoms with Crippen molar-refractivity contribution in [2.75, 3.05) is 6.61 Å². The van der Waals surface area contributed by atoms with Gasteiger partial charge in [-0.2, -0.15) is 0 Å². The van der Waals surface area contributed by atoms with Crippen molar-refractivity contribution >= 4 is 58.3 Å². The minimum atomic E-state index is -2.05. The molecule has 0 aromatic carbocycles. The quantitative estimate of drug-likeness (QED) is 0.129. The Morgan fingerprint density at radius 3 is 1.64 bits per heavy atom. The number of hydrogen-bond donors (Lipinski definition) is 0. The van der Waals surface area contributed by atoms with Crippen LogP contribution in [0.1, 0.15) is 104 Å². The fourth-order valence-corrected chi connectivity index (χ4v) is 4.82. The molecule has 152 valence electrons. The van der Waals surface area contributed by atoms with Crippen LogP contribution < -0.4 is 0 Å². The minimum absolute atomic E-state index is 0.570. The third-order valence-electron chi connectivity index (χ3n) is 4.55. The lowest BCUT2D eigenvalue weighted by molar-refractivity contribution is 0.255. The van der Waals surface area contributed by atoms with Gasteiger partial charge in [-0.05, 0) is 47.6 Å². The van der Waals surface area contributed by atoms with Crippen LogP contribution in [0, 0.1) is 5.92 Å². The maximum absolute atomic E-state index is 5.81. The van der Waals surface area contributed by atoms with Gasteiger partial charge in [-0.15, -0.1) is 0 Å². The smallest absolute Gasteiger partial charge is 0.0626 e. The third-order valence-corrected chi connectivity index (χ3v) is 16.2. The van der Waals surface area contributed by atoms with Crippen molar-refractivity contribution in [3.63, 3.8) is 0 Å². The van der Waals surface area contributed by atoms with E-state index in [-0.39, 0.29) is 0 Å². The summed E-state index contributed by atoms with van der Waals surface area (Å²) in [7, 11) is -0.805. The average Bonchev–Trinajstić information content (AvgIpc) is 2.58. The molecule has 1 unspecified atom stereocenters. The zero-order chi connectivity index (χ0) is 19.0. The Hall–Kier alpha value is 1.54. The first-order valence-electron chi connectivity index (χ1n) is 9.93. The number of rotatable bonds is 18.